The van der Waals surface area contributed by atoms with Gasteiger partial charge >= 0.3 is 6.92 Å². The number of nitrogens with zero attached hydrogens (tertiary/aromatic N) is 2. The van der Waals surface area contributed by atoms with Crippen molar-refractivity contribution < 1.29 is 4.65 Å². The van der Waals surface area contributed by atoms with Crippen molar-refractivity contribution >= 4 is 65.1 Å². The molecule has 0 aliphatic carbocycles. The lowest BCUT2D eigenvalue weighted by molar-refractivity contribution is 0.410. The fraction of sp³-hybridized carbons (Fsp3) is 0.0800. The molecule has 3 heterocycles. The number of anilines is 1. The van der Waals surface area contributed by atoms with E-state index in [1.54, 1.807) is 28.9 Å². The van der Waals surface area contributed by atoms with E-state index in [2.05, 4.69) is 71.1 Å². The summed E-state index contributed by atoms with van der Waals surface area (Å²) < 4.78 is 11.5. The normalized spacial score (nSPS) is 11.8. The van der Waals surface area contributed by atoms with E-state index in [4.69, 9.17) is 10.4 Å². The van der Waals surface area contributed by atoms with Gasteiger partial charge in [-0.1, -0.05) is 42.5 Å². The zero-order chi connectivity index (χ0) is 22.6. The quantitative estimate of drug-likeness (QED) is 0.203. The Balaban J connectivity index is 1.60. The smallest absolute Gasteiger partial charge is 0.448 e. The van der Waals surface area contributed by atoms with Crippen molar-refractivity contribution in [2.24, 2.45) is 5.73 Å². The van der Waals surface area contributed by atoms with E-state index in [1.807, 2.05) is 36.3 Å². The lowest BCUT2D eigenvalue weighted by Crippen LogP contribution is -2.46. The highest BCUT2D eigenvalue weighted by Gasteiger charge is 2.30. The molecule has 0 fully saturated rings. The zero-order valence-corrected chi connectivity index (χ0v) is 19.8. The van der Waals surface area contributed by atoms with E-state index in [1.165, 1.54) is 20.2 Å². The standard InChI is InChI=1S/C25H23BN4OS2/c1-28-30(24-12-6-7-15-29-24)25(13-14-27)31-26(22-16-18-8-2-4-10-20(18)32-22)23-17-19-9-3-5-11-21(19)33-23/h2-13,15-17,28H,14,27H2,1H3/b25-13+. The van der Waals surface area contributed by atoms with Crippen LogP contribution in [0, 0.1) is 0 Å². The van der Waals surface area contributed by atoms with Crippen LogP contribution in [0.4, 0.5) is 5.82 Å². The molecule has 5 rings (SSSR count). The Morgan fingerprint density at radius 3 is 2.09 bits per heavy atom. The minimum Gasteiger partial charge on any atom is -0.537 e. The number of nitrogens with two attached hydrogens (primary N) is 1. The van der Waals surface area contributed by atoms with E-state index in [0.29, 0.717) is 12.4 Å². The molecule has 8 heteroatoms. The van der Waals surface area contributed by atoms with Crippen LogP contribution in [-0.2, 0) is 4.65 Å². The average Bonchev–Trinajstić information content (AvgIpc) is 3.47. The topological polar surface area (TPSA) is 63.4 Å². The Labute approximate surface area is 201 Å². The molecule has 0 saturated heterocycles. The van der Waals surface area contributed by atoms with E-state index in [0.717, 1.165) is 15.4 Å². The van der Waals surface area contributed by atoms with Gasteiger partial charge in [-0.25, -0.2) is 15.4 Å². The first-order valence-electron chi connectivity index (χ1n) is 10.7. The average molecular weight is 470 g/mol. The number of thiophene rings is 2. The van der Waals surface area contributed by atoms with Gasteiger partial charge in [0.25, 0.3) is 0 Å². The van der Waals surface area contributed by atoms with Crippen molar-refractivity contribution in [2.75, 3.05) is 18.6 Å². The molecule has 0 saturated carbocycles. The molecule has 164 valence electrons. The SMILES string of the molecule is CNN(/C(=C\CN)OB(c1cc2ccccc2s1)c1cc2ccccc2s1)c1ccccn1. The second-order valence-electron chi connectivity index (χ2n) is 7.40. The summed E-state index contributed by atoms with van der Waals surface area (Å²) in [7, 11) is 1.84. The second kappa shape index (κ2) is 9.76. The Morgan fingerprint density at radius 1 is 0.970 bits per heavy atom. The molecule has 2 aromatic carbocycles. The van der Waals surface area contributed by atoms with Crippen LogP contribution in [0.15, 0.2) is 97.0 Å². The molecule has 3 N–H and O–H groups in total. The summed E-state index contributed by atoms with van der Waals surface area (Å²) in [5.41, 5.74) is 9.14. The molecule has 5 nitrogen and oxygen atoms in total. The first kappa shape index (κ1) is 21.7. The molecular weight excluding hydrogens is 447 g/mol. The van der Waals surface area contributed by atoms with Crippen molar-refractivity contribution in [1.29, 1.82) is 0 Å². The Hall–Kier alpha value is -3.17. The molecule has 0 radical (unpaired) electrons. The molecule has 0 aliphatic heterocycles. The first-order chi connectivity index (χ1) is 16.3. The van der Waals surface area contributed by atoms with E-state index < -0.39 is 0 Å². The van der Waals surface area contributed by atoms with Crippen molar-refractivity contribution in [1.82, 2.24) is 10.4 Å². The molecule has 0 unspecified atom stereocenters. The van der Waals surface area contributed by atoms with Crippen molar-refractivity contribution in [3.05, 3.63) is 97.0 Å². The predicted molar refractivity (Wildman–Crippen MR) is 143 cm³/mol. The Bertz CT molecular complexity index is 1260. The van der Waals surface area contributed by atoms with Gasteiger partial charge in [0.05, 0.1) is 0 Å². The highest BCUT2D eigenvalue weighted by Crippen LogP contribution is 2.24. The molecule has 33 heavy (non-hydrogen) atoms. The summed E-state index contributed by atoms with van der Waals surface area (Å²) >= 11 is 3.51. The zero-order valence-electron chi connectivity index (χ0n) is 18.1. The monoisotopic (exact) mass is 470 g/mol. The molecule has 0 amide bonds. The Kier molecular flexibility index (Phi) is 6.41. The van der Waals surface area contributed by atoms with Gasteiger partial charge in [-0.15, -0.1) is 22.7 Å². The summed E-state index contributed by atoms with van der Waals surface area (Å²) in [5.74, 6) is 1.34. The molecule has 0 bridgehead atoms. The lowest BCUT2D eigenvalue weighted by Gasteiger charge is -2.27. The third-order valence-corrected chi connectivity index (χ3v) is 7.58. The van der Waals surface area contributed by atoms with E-state index >= 15 is 0 Å². The van der Waals surface area contributed by atoms with Crippen LogP contribution in [0.2, 0.25) is 0 Å². The number of aromatic nitrogens is 1. The van der Waals surface area contributed by atoms with Gasteiger partial charge < -0.3 is 10.4 Å². The molecule has 3 aromatic heterocycles. The molecular formula is C25H23BN4OS2. The number of hydrazine groups is 1. The first-order valence-corrected chi connectivity index (χ1v) is 12.3. The molecule has 0 aliphatic rings. The molecule has 0 spiro atoms. The van der Waals surface area contributed by atoms with Crippen LogP contribution in [0.1, 0.15) is 0 Å². The van der Waals surface area contributed by atoms with Crippen LogP contribution in [-0.4, -0.2) is 25.5 Å². The van der Waals surface area contributed by atoms with E-state index in [9.17, 15) is 0 Å². The number of fused-ring (bicyclic) bond motifs is 2. The minimum atomic E-state index is -0.280. The fourth-order valence-corrected chi connectivity index (χ4v) is 6.06. The van der Waals surface area contributed by atoms with Gasteiger partial charge in [0.2, 0.25) is 0 Å². The van der Waals surface area contributed by atoms with E-state index in [-0.39, 0.29) is 6.92 Å². The van der Waals surface area contributed by atoms with Crippen LogP contribution in [0.5, 0.6) is 0 Å². The maximum absolute atomic E-state index is 6.76. The number of benzene rings is 2. The predicted octanol–water partition coefficient (Wildman–Crippen LogP) is 4.07. The molecule has 0 atom stereocenters. The van der Waals surface area contributed by atoms with Crippen LogP contribution in [0.25, 0.3) is 20.2 Å². The number of rotatable bonds is 8. The number of hydrogen-bond donors (Lipinski definition) is 2. The number of hydrogen-bond acceptors (Lipinski definition) is 7. The van der Waals surface area contributed by atoms with Gasteiger partial charge in [-0.3, -0.25) is 0 Å². The summed E-state index contributed by atoms with van der Waals surface area (Å²) in [6.07, 6.45) is 3.63. The third kappa shape index (κ3) is 4.51. The van der Waals surface area contributed by atoms with Gasteiger partial charge in [-0.2, -0.15) is 0 Å². The summed E-state index contributed by atoms with van der Waals surface area (Å²) in [6, 6.07) is 27.1. The van der Waals surface area contributed by atoms with Crippen molar-refractivity contribution in [3.8, 4) is 0 Å². The van der Waals surface area contributed by atoms with Crippen molar-refractivity contribution in [3.63, 3.8) is 0 Å². The minimum absolute atomic E-state index is 0.280. The summed E-state index contributed by atoms with van der Waals surface area (Å²) in [4.78, 5) is 4.48. The Morgan fingerprint density at radius 2 is 1.58 bits per heavy atom. The number of nitrogens with one attached hydrogen (secondary N) is 1. The molecule has 5 aromatic rings. The maximum Gasteiger partial charge on any atom is 0.448 e. The van der Waals surface area contributed by atoms with Gasteiger partial charge in [0.15, 0.2) is 5.88 Å². The van der Waals surface area contributed by atoms with Gasteiger partial charge in [0.1, 0.15) is 5.82 Å². The van der Waals surface area contributed by atoms with Crippen LogP contribution in [0.3, 0.4) is 0 Å². The second-order valence-corrected chi connectivity index (χ2v) is 9.63. The van der Waals surface area contributed by atoms with Gasteiger partial charge in [-0.05, 0) is 53.2 Å². The highest BCUT2D eigenvalue weighted by molar-refractivity contribution is 7.36. The number of pyridine rings is 1. The summed E-state index contributed by atoms with van der Waals surface area (Å²) in [5, 5.41) is 4.25. The third-order valence-electron chi connectivity index (χ3n) is 5.26. The largest absolute Gasteiger partial charge is 0.537 e. The maximum atomic E-state index is 6.76. The van der Waals surface area contributed by atoms with Crippen molar-refractivity contribution in [2.45, 2.75) is 0 Å². The fourth-order valence-electron chi connectivity index (χ4n) is 3.76. The van der Waals surface area contributed by atoms with Crippen LogP contribution < -0.4 is 25.7 Å². The highest BCUT2D eigenvalue weighted by atomic mass is 32.1. The van der Waals surface area contributed by atoms with Crippen LogP contribution >= 0.6 is 22.7 Å². The lowest BCUT2D eigenvalue weighted by atomic mass is 9.64. The summed E-state index contributed by atoms with van der Waals surface area (Å²) in [6.45, 7) is 0.0588. The van der Waals surface area contributed by atoms with Gasteiger partial charge in [0, 0.05) is 38.7 Å².